The van der Waals surface area contributed by atoms with Crippen LogP contribution in [-0.4, -0.2) is 40.2 Å². The zero-order valence-electron chi connectivity index (χ0n) is 19.6. The summed E-state index contributed by atoms with van der Waals surface area (Å²) in [6.45, 7) is 11.1. The fourth-order valence-corrected chi connectivity index (χ4v) is 4.70. The van der Waals surface area contributed by atoms with E-state index >= 15 is 0 Å². The number of aliphatic hydroxyl groups is 1. The minimum absolute atomic E-state index is 0.0208. The van der Waals surface area contributed by atoms with Crippen molar-refractivity contribution in [3.8, 4) is 5.75 Å². The quantitative estimate of drug-likeness (QED) is 0.662. The average molecular weight is 455 g/mol. The molecule has 3 atom stereocenters. The number of carbonyl (C=O) groups is 1. The second-order valence-electron chi connectivity index (χ2n) is 10.4. The molecule has 8 heteroatoms. The van der Waals surface area contributed by atoms with Gasteiger partial charge in [-0.15, -0.1) is 0 Å². The molecular formula is C24H33F3N2O3. The Bertz CT molecular complexity index is 905. The molecule has 1 aliphatic carbocycles. The standard InChI is InChI=1S/C24H33F3N2O3/c1-14(2)17-9-7-15(3)11-20(17)32-13-21(30)29-23(31,24(25,26)27)18-12-16(22(4,5)6)8-10-19(18)28-29/h7,9,11,14,16,18,31H,8,10,12-13H2,1-6H3/t16-,18-,23+/m0/s1. The summed E-state index contributed by atoms with van der Waals surface area (Å²) in [7, 11) is 0. The summed E-state index contributed by atoms with van der Waals surface area (Å²) in [4.78, 5) is 12.9. The molecule has 1 aromatic carbocycles. The number of nitrogens with zero attached hydrogens (tertiary/aromatic N) is 2. The number of carbonyl (C=O) groups excluding carboxylic acids is 1. The molecule has 0 saturated heterocycles. The van der Waals surface area contributed by atoms with E-state index in [-0.39, 0.29) is 34.4 Å². The first-order valence-corrected chi connectivity index (χ1v) is 11.1. The van der Waals surface area contributed by atoms with E-state index < -0.39 is 30.3 Å². The number of ether oxygens (including phenoxy) is 1. The predicted octanol–water partition coefficient (Wildman–Crippen LogP) is 5.41. The molecule has 5 nitrogen and oxygen atoms in total. The number of hydrazone groups is 1. The SMILES string of the molecule is Cc1ccc(C(C)C)c(OCC(=O)N2N=C3CC[C@H](C(C)(C)C)C[C@@H]3[C@@]2(O)C(F)(F)F)c1. The molecule has 0 aromatic heterocycles. The van der Waals surface area contributed by atoms with Crippen LogP contribution >= 0.6 is 0 Å². The zero-order chi connectivity index (χ0) is 24.1. The Kier molecular flexibility index (Phi) is 6.41. The molecule has 3 rings (SSSR count). The summed E-state index contributed by atoms with van der Waals surface area (Å²) in [6.07, 6.45) is -3.93. The Morgan fingerprint density at radius 3 is 2.53 bits per heavy atom. The van der Waals surface area contributed by atoms with Crippen LogP contribution in [0.3, 0.4) is 0 Å². The largest absolute Gasteiger partial charge is 0.483 e. The number of hydrogen-bond acceptors (Lipinski definition) is 4. The normalized spacial score (nSPS) is 26.2. The topological polar surface area (TPSA) is 62.1 Å². The number of alkyl halides is 3. The third-order valence-corrected chi connectivity index (χ3v) is 6.73. The van der Waals surface area contributed by atoms with E-state index in [0.717, 1.165) is 11.1 Å². The Labute approximate surface area is 187 Å². The van der Waals surface area contributed by atoms with Gasteiger partial charge in [-0.2, -0.15) is 23.3 Å². The number of amides is 1. The molecular weight excluding hydrogens is 421 g/mol. The van der Waals surface area contributed by atoms with Gasteiger partial charge in [0.2, 0.25) is 0 Å². The molecule has 1 heterocycles. The second-order valence-corrected chi connectivity index (χ2v) is 10.4. The number of hydrogen-bond donors (Lipinski definition) is 1. The smallest absolute Gasteiger partial charge is 0.439 e. The highest BCUT2D eigenvalue weighted by atomic mass is 19.4. The molecule has 1 aromatic rings. The van der Waals surface area contributed by atoms with Gasteiger partial charge in [0.05, 0.1) is 5.92 Å². The Hall–Kier alpha value is -2.09. The molecule has 178 valence electrons. The third-order valence-electron chi connectivity index (χ3n) is 6.73. The van der Waals surface area contributed by atoms with Crippen LogP contribution in [0.4, 0.5) is 13.2 Å². The highest BCUT2D eigenvalue weighted by molar-refractivity contribution is 5.93. The van der Waals surface area contributed by atoms with Crippen LogP contribution in [-0.2, 0) is 4.79 Å². The van der Waals surface area contributed by atoms with Crippen molar-refractivity contribution in [1.82, 2.24) is 5.01 Å². The first-order valence-electron chi connectivity index (χ1n) is 11.1. The van der Waals surface area contributed by atoms with E-state index in [1.807, 2.05) is 53.7 Å². The van der Waals surface area contributed by atoms with Crippen LogP contribution in [0.15, 0.2) is 23.3 Å². The maximum absolute atomic E-state index is 14.2. The van der Waals surface area contributed by atoms with Crippen molar-refractivity contribution in [2.45, 2.75) is 78.6 Å². The lowest BCUT2D eigenvalue weighted by atomic mass is 9.66. The summed E-state index contributed by atoms with van der Waals surface area (Å²) in [5, 5.41) is 15.1. The first kappa shape index (κ1) is 24.6. The van der Waals surface area contributed by atoms with E-state index in [4.69, 9.17) is 4.74 Å². The number of aryl methyl sites for hydroxylation is 1. The summed E-state index contributed by atoms with van der Waals surface area (Å²) < 4.78 is 48.2. The summed E-state index contributed by atoms with van der Waals surface area (Å²) >= 11 is 0. The van der Waals surface area contributed by atoms with Crippen LogP contribution in [0, 0.1) is 24.2 Å². The number of halogens is 3. The molecule has 32 heavy (non-hydrogen) atoms. The van der Waals surface area contributed by atoms with E-state index in [1.165, 1.54) is 0 Å². The van der Waals surface area contributed by atoms with Crippen molar-refractivity contribution < 1.29 is 27.8 Å². The Balaban J connectivity index is 1.86. The van der Waals surface area contributed by atoms with Crippen LogP contribution in [0.1, 0.15) is 70.9 Å². The minimum Gasteiger partial charge on any atom is -0.483 e. The van der Waals surface area contributed by atoms with Crippen LogP contribution in [0.25, 0.3) is 0 Å². The fourth-order valence-electron chi connectivity index (χ4n) is 4.70. The summed E-state index contributed by atoms with van der Waals surface area (Å²) in [5.41, 5.74) is -1.58. The minimum atomic E-state index is -5.05. The highest BCUT2D eigenvalue weighted by Gasteiger charge is 2.69. The maximum Gasteiger partial charge on any atom is 0.439 e. The van der Waals surface area contributed by atoms with Crippen LogP contribution in [0.2, 0.25) is 0 Å². The molecule has 0 unspecified atom stereocenters. The van der Waals surface area contributed by atoms with Gasteiger partial charge in [-0.25, -0.2) is 0 Å². The van der Waals surface area contributed by atoms with Crippen molar-refractivity contribution in [2.24, 2.45) is 22.4 Å². The molecule has 0 bridgehead atoms. The van der Waals surface area contributed by atoms with Crippen LogP contribution < -0.4 is 4.74 Å². The monoisotopic (exact) mass is 454 g/mol. The lowest BCUT2D eigenvalue weighted by Crippen LogP contribution is -2.62. The van der Waals surface area contributed by atoms with Gasteiger partial charge in [0.25, 0.3) is 11.6 Å². The number of rotatable bonds is 4. The number of benzene rings is 1. The summed E-state index contributed by atoms with van der Waals surface area (Å²) in [6, 6.07) is 5.54. The van der Waals surface area contributed by atoms with Gasteiger partial charge < -0.3 is 9.84 Å². The summed E-state index contributed by atoms with van der Waals surface area (Å²) in [5.74, 6) is -1.75. The van der Waals surface area contributed by atoms with Crippen molar-refractivity contribution in [3.63, 3.8) is 0 Å². The van der Waals surface area contributed by atoms with Gasteiger partial charge in [-0.05, 0) is 60.6 Å². The lowest BCUT2D eigenvalue weighted by molar-refractivity contribution is -0.318. The molecule has 1 saturated carbocycles. The fraction of sp³-hybridized carbons (Fsp3) is 0.667. The van der Waals surface area contributed by atoms with Gasteiger partial charge in [-0.1, -0.05) is 46.8 Å². The Morgan fingerprint density at radius 2 is 1.97 bits per heavy atom. The highest BCUT2D eigenvalue weighted by Crippen LogP contribution is 2.51. The van der Waals surface area contributed by atoms with E-state index in [0.29, 0.717) is 18.6 Å². The lowest BCUT2D eigenvalue weighted by Gasteiger charge is -2.42. The maximum atomic E-state index is 14.2. The molecule has 0 radical (unpaired) electrons. The van der Waals surface area contributed by atoms with Gasteiger partial charge in [-0.3, -0.25) is 4.79 Å². The third kappa shape index (κ3) is 4.38. The van der Waals surface area contributed by atoms with Crippen molar-refractivity contribution >= 4 is 11.6 Å². The van der Waals surface area contributed by atoms with E-state index in [1.54, 1.807) is 6.07 Å². The van der Waals surface area contributed by atoms with Crippen LogP contribution in [0.5, 0.6) is 5.75 Å². The van der Waals surface area contributed by atoms with Crippen molar-refractivity contribution in [2.75, 3.05) is 6.61 Å². The van der Waals surface area contributed by atoms with Gasteiger partial charge in [0.15, 0.2) is 6.61 Å². The molecule has 1 N–H and O–H groups in total. The molecule has 2 aliphatic rings. The molecule has 1 amide bonds. The van der Waals surface area contributed by atoms with E-state index in [2.05, 4.69) is 5.10 Å². The first-order chi connectivity index (χ1) is 14.7. The van der Waals surface area contributed by atoms with Gasteiger partial charge in [0, 0.05) is 5.71 Å². The number of fused-ring (bicyclic) bond motifs is 1. The molecule has 1 aliphatic heterocycles. The van der Waals surface area contributed by atoms with E-state index in [9.17, 15) is 23.1 Å². The van der Waals surface area contributed by atoms with Crippen molar-refractivity contribution in [3.05, 3.63) is 29.3 Å². The predicted molar refractivity (Wildman–Crippen MR) is 116 cm³/mol. The Morgan fingerprint density at radius 1 is 1.31 bits per heavy atom. The van der Waals surface area contributed by atoms with Gasteiger partial charge >= 0.3 is 6.18 Å². The molecule has 0 spiro atoms. The van der Waals surface area contributed by atoms with Gasteiger partial charge in [0.1, 0.15) is 5.75 Å². The average Bonchev–Trinajstić information content (AvgIpc) is 2.98. The van der Waals surface area contributed by atoms with Crippen molar-refractivity contribution in [1.29, 1.82) is 0 Å². The molecule has 1 fully saturated rings. The zero-order valence-corrected chi connectivity index (χ0v) is 19.6. The second kappa shape index (κ2) is 8.36.